The summed E-state index contributed by atoms with van der Waals surface area (Å²) in [4.78, 5) is 15.3. The predicted molar refractivity (Wildman–Crippen MR) is 92.0 cm³/mol. The van der Waals surface area contributed by atoms with Gasteiger partial charge in [-0.15, -0.1) is 0 Å². The third-order valence-corrected chi connectivity index (χ3v) is 5.43. The number of rotatable bonds is 5. The molecule has 3 rings (SSSR count). The van der Waals surface area contributed by atoms with Gasteiger partial charge in [0.25, 0.3) is 0 Å². The fourth-order valence-corrected chi connectivity index (χ4v) is 4.09. The number of methoxy groups -OCH3 is 1. The van der Waals surface area contributed by atoms with Crippen molar-refractivity contribution in [1.29, 1.82) is 0 Å². The Hall–Kier alpha value is -1.76. The molecule has 0 aliphatic carbocycles. The molecule has 1 unspecified atom stereocenters. The van der Waals surface area contributed by atoms with Gasteiger partial charge in [0.2, 0.25) is 5.91 Å². The van der Waals surface area contributed by atoms with E-state index < -0.39 is 12.7 Å². The van der Waals surface area contributed by atoms with E-state index >= 15 is 0 Å². The Bertz CT molecular complexity index is 627. The van der Waals surface area contributed by atoms with Crippen molar-refractivity contribution in [1.82, 2.24) is 9.80 Å². The topological polar surface area (TPSA) is 32.8 Å². The van der Waals surface area contributed by atoms with Crippen LogP contribution in [-0.4, -0.2) is 61.2 Å². The molecule has 26 heavy (non-hydrogen) atoms. The van der Waals surface area contributed by atoms with Gasteiger partial charge in [0.15, 0.2) is 0 Å². The molecule has 0 saturated carbocycles. The molecule has 2 fully saturated rings. The Kier molecular flexibility index (Phi) is 5.75. The lowest BCUT2D eigenvalue weighted by Gasteiger charge is -2.35. The molecule has 0 N–H and O–H groups in total. The molecule has 0 bridgehead atoms. The number of benzene rings is 1. The van der Waals surface area contributed by atoms with Gasteiger partial charge in [-0.3, -0.25) is 9.69 Å². The van der Waals surface area contributed by atoms with Crippen molar-refractivity contribution in [2.75, 3.05) is 33.3 Å². The first kappa shape index (κ1) is 19.0. The highest BCUT2D eigenvalue weighted by atomic mass is 19.4. The number of carbonyl (C=O) groups excluding carboxylic acids is 1. The van der Waals surface area contributed by atoms with Crippen molar-refractivity contribution in [3.63, 3.8) is 0 Å². The fraction of sp³-hybridized carbons (Fsp3) is 0.632. The SMILES string of the molecule is COc1ccccc1CC1CCN(C2CCN(CC(F)(F)F)C2=O)CC1. The number of piperidine rings is 1. The number of hydrogen-bond acceptors (Lipinski definition) is 3. The number of likely N-dealkylation sites (tertiary alicyclic amines) is 2. The molecule has 1 aromatic carbocycles. The first-order valence-corrected chi connectivity index (χ1v) is 9.09. The van der Waals surface area contributed by atoms with Gasteiger partial charge in [-0.1, -0.05) is 18.2 Å². The van der Waals surface area contributed by atoms with Crippen molar-refractivity contribution in [2.45, 2.75) is 37.9 Å². The Morgan fingerprint density at radius 1 is 1.12 bits per heavy atom. The van der Waals surface area contributed by atoms with Crippen LogP contribution in [0, 0.1) is 5.92 Å². The van der Waals surface area contributed by atoms with E-state index in [-0.39, 0.29) is 18.5 Å². The molecule has 1 amide bonds. The van der Waals surface area contributed by atoms with Crippen molar-refractivity contribution >= 4 is 5.91 Å². The molecule has 7 heteroatoms. The van der Waals surface area contributed by atoms with Gasteiger partial charge in [0.05, 0.1) is 13.2 Å². The van der Waals surface area contributed by atoms with Gasteiger partial charge in [-0.2, -0.15) is 13.2 Å². The zero-order chi connectivity index (χ0) is 18.7. The summed E-state index contributed by atoms with van der Waals surface area (Å²) in [5.41, 5.74) is 1.18. The highest BCUT2D eigenvalue weighted by molar-refractivity contribution is 5.84. The van der Waals surface area contributed by atoms with Gasteiger partial charge >= 0.3 is 6.18 Å². The second-order valence-electron chi connectivity index (χ2n) is 7.17. The number of ether oxygens (including phenoxy) is 1. The molecule has 144 valence electrons. The standard InChI is InChI=1S/C19H25F3N2O2/c1-26-17-5-3-2-4-15(17)12-14-6-9-23(10-7-14)16-8-11-24(18(16)25)13-19(20,21)22/h2-5,14,16H,6-13H2,1H3. The number of amides is 1. The van der Waals surface area contributed by atoms with E-state index in [0.29, 0.717) is 12.3 Å². The average molecular weight is 370 g/mol. The largest absolute Gasteiger partial charge is 0.496 e. The summed E-state index contributed by atoms with van der Waals surface area (Å²) in [7, 11) is 1.67. The first-order valence-electron chi connectivity index (χ1n) is 9.09. The molecular weight excluding hydrogens is 345 g/mol. The van der Waals surface area contributed by atoms with Crippen LogP contribution in [-0.2, 0) is 11.2 Å². The second-order valence-corrected chi connectivity index (χ2v) is 7.17. The van der Waals surface area contributed by atoms with Gasteiger partial charge in [-0.05, 0) is 56.3 Å². The average Bonchev–Trinajstić information content (AvgIpc) is 2.95. The van der Waals surface area contributed by atoms with Crippen LogP contribution >= 0.6 is 0 Å². The van der Waals surface area contributed by atoms with Gasteiger partial charge in [0.1, 0.15) is 12.3 Å². The van der Waals surface area contributed by atoms with E-state index in [2.05, 4.69) is 11.0 Å². The van der Waals surface area contributed by atoms with Crippen LogP contribution < -0.4 is 4.74 Å². The highest BCUT2D eigenvalue weighted by Gasteiger charge is 2.42. The molecule has 2 heterocycles. The highest BCUT2D eigenvalue weighted by Crippen LogP contribution is 2.30. The molecule has 2 aliphatic heterocycles. The number of hydrogen-bond donors (Lipinski definition) is 0. The molecule has 4 nitrogen and oxygen atoms in total. The number of halogens is 3. The summed E-state index contributed by atoms with van der Waals surface area (Å²) in [6, 6.07) is 7.59. The van der Waals surface area contributed by atoms with E-state index in [1.54, 1.807) is 7.11 Å². The summed E-state index contributed by atoms with van der Waals surface area (Å²) < 4.78 is 43.1. The van der Waals surface area contributed by atoms with Crippen LogP contribution in [0.1, 0.15) is 24.8 Å². The van der Waals surface area contributed by atoms with E-state index in [4.69, 9.17) is 4.74 Å². The van der Waals surface area contributed by atoms with Crippen LogP contribution in [0.2, 0.25) is 0 Å². The molecule has 2 aliphatic rings. The third kappa shape index (κ3) is 4.50. The van der Waals surface area contributed by atoms with Crippen LogP contribution in [0.25, 0.3) is 0 Å². The van der Waals surface area contributed by atoms with Gasteiger partial charge < -0.3 is 9.64 Å². The maximum absolute atomic E-state index is 12.6. The van der Waals surface area contributed by atoms with Crippen molar-refractivity contribution in [3.8, 4) is 5.75 Å². The third-order valence-electron chi connectivity index (χ3n) is 5.43. The smallest absolute Gasteiger partial charge is 0.406 e. The Morgan fingerprint density at radius 3 is 2.46 bits per heavy atom. The number of para-hydroxylation sites is 1. The van der Waals surface area contributed by atoms with Crippen molar-refractivity contribution in [2.24, 2.45) is 5.92 Å². The summed E-state index contributed by atoms with van der Waals surface area (Å²) in [6.07, 6.45) is -1.02. The lowest BCUT2D eigenvalue weighted by molar-refractivity contribution is -0.159. The number of carbonyl (C=O) groups is 1. The molecule has 0 spiro atoms. The van der Waals surface area contributed by atoms with Crippen molar-refractivity contribution < 1.29 is 22.7 Å². The number of nitrogens with zero attached hydrogens (tertiary/aromatic N) is 2. The summed E-state index contributed by atoms with van der Waals surface area (Å²) in [5.74, 6) is 1.03. The van der Waals surface area contributed by atoms with E-state index in [1.807, 2.05) is 18.2 Å². The fourth-order valence-electron chi connectivity index (χ4n) is 4.09. The number of alkyl halides is 3. The molecule has 1 atom stereocenters. The van der Waals surface area contributed by atoms with Crippen molar-refractivity contribution in [3.05, 3.63) is 29.8 Å². The molecule has 0 aromatic heterocycles. The van der Waals surface area contributed by atoms with Crippen LogP contribution in [0.15, 0.2) is 24.3 Å². The Morgan fingerprint density at radius 2 is 1.81 bits per heavy atom. The van der Waals surface area contributed by atoms with E-state index in [9.17, 15) is 18.0 Å². The monoisotopic (exact) mass is 370 g/mol. The lowest BCUT2D eigenvalue weighted by atomic mass is 9.89. The Balaban J connectivity index is 1.52. The summed E-state index contributed by atoms with van der Waals surface area (Å²) >= 11 is 0. The molecule has 1 aromatic rings. The van der Waals surface area contributed by atoms with Gasteiger partial charge in [-0.25, -0.2) is 0 Å². The van der Waals surface area contributed by atoms with E-state index in [0.717, 1.165) is 43.0 Å². The minimum atomic E-state index is -4.33. The first-order chi connectivity index (χ1) is 12.4. The Labute approximate surface area is 151 Å². The normalized spacial score (nSPS) is 22.8. The summed E-state index contributed by atoms with van der Waals surface area (Å²) in [5, 5.41) is 0. The predicted octanol–water partition coefficient (Wildman–Crippen LogP) is 3.11. The molecular formula is C19H25F3N2O2. The minimum absolute atomic E-state index is 0.199. The van der Waals surface area contributed by atoms with Gasteiger partial charge in [0, 0.05) is 6.54 Å². The zero-order valence-electron chi connectivity index (χ0n) is 15.0. The maximum atomic E-state index is 12.6. The maximum Gasteiger partial charge on any atom is 0.406 e. The summed E-state index contributed by atoms with van der Waals surface area (Å²) in [6.45, 7) is 0.586. The van der Waals surface area contributed by atoms with E-state index in [1.165, 1.54) is 5.56 Å². The minimum Gasteiger partial charge on any atom is -0.496 e. The molecule has 2 saturated heterocycles. The zero-order valence-corrected chi connectivity index (χ0v) is 15.0. The second kappa shape index (κ2) is 7.86. The quantitative estimate of drug-likeness (QED) is 0.799. The van der Waals surface area contributed by atoms with Crippen LogP contribution in [0.5, 0.6) is 5.75 Å². The van der Waals surface area contributed by atoms with Crippen LogP contribution in [0.3, 0.4) is 0 Å². The molecule has 0 radical (unpaired) electrons. The lowest BCUT2D eigenvalue weighted by Crippen LogP contribution is -2.47. The van der Waals surface area contributed by atoms with Crippen LogP contribution in [0.4, 0.5) is 13.2 Å².